The first-order valence-corrected chi connectivity index (χ1v) is 10.5. The van der Waals surface area contributed by atoms with Crippen LogP contribution in [0, 0.1) is 12.8 Å². The first kappa shape index (κ1) is 19.3. The molecule has 0 saturated heterocycles. The maximum absolute atomic E-state index is 14.2. The predicted molar refractivity (Wildman–Crippen MR) is 111 cm³/mol. The first-order chi connectivity index (χ1) is 14.3. The van der Waals surface area contributed by atoms with Crippen molar-refractivity contribution in [3.63, 3.8) is 0 Å². The van der Waals surface area contributed by atoms with Crippen molar-refractivity contribution in [3.8, 4) is 11.3 Å². The van der Waals surface area contributed by atoms with Crippen molar-refractivity contribution in [2.45, 2.75) is 31.7 Å². The van der Waals surface area contributed by atoms with Crippen LogP contribution in [-0.2, 0) is 6.42 Å². The van der Waals surface area contributed by atoms with Gasteiger partial charge in [-0.2, -0.15) is 23.3 Å². The van der Waals surface area contributed by atoms with Gasteiger partial charge in [0.05, 0.1) is 17.3 Å². The number of rotatable bonds is 2. The molecule has 1 aliphatic carbocycles. The number of benzene rings is 2. The number of halogens is 3. The summed E-state index contributed by atoms with van der Waals surface area (Å²) in [4.78, 5) is 4.39. The molecule has 0 unspecified atom stereocenters. The highest BCUT2D eigenvalue weighted by atomic mass is 32.1. The van der Waals surface area contributed by atoms with E-state index in [1.807, 2.05) is 43.3 Å². The van der Waals surface area contributed by atoms with Crippen LogP contribution < -0.4 is 5.01 Å². The Kier molecular flexibility index (Phi) is 4.27. The lowest BCUT2D eigenvalue weighted by Crippen LogP contribution is -2.60. The first-order valence-electron chi connectivity index (χ1n) is 9.57. The fourth-order valence-electron chi connectivity index (χ4n) is 4.18. The van der Waals surface area contributed by atoms with Crippen LogP contribution in [0.4, 0.5) is 18.3 Å². The number of aromatic nitrogens is 1. The smallest absolute Gasteiger partial charge is 0.362 e. The monoisotopic (exact) mass is 429 g/mol. The van der Waals surface area contributed by atoms with Gasteiger partial charge in [0.1, 0.15) is 0 Å². The zero-order chi connectivity index (χ0) is 21.1. The number of aryl methyl sites for hydroxylation is 2. The number of anilines is 1. The molecule has 1 aliphatic heterocycles. The highest BCUT2D eigenvalue weighted by Crippen LogP contribution is 2.51. The Morgan fingerprint density at radius 2 is 1.87 bits per heavy atom. The number of hydrazone groups is 1. The van der Waals surface area contributed by atoms with E-state index in [0.717, 1.165) is 28.0 Å². The molecule has 30 heavy (non-hydrogen) atoms. The van der Waals surface area contributed by atoms with Crippen LogP contribution in [0.1, 0.15) is 23.1 Å². The molecule has 2 aromatic carbocycles. The van der Waals surface area contributed by atoms with E-state index >= 15 is 0 Å². The molecule has 1 N–H and O–H groups in total. The molecular weight excluding hydrogens is 411 g/mol. The molecule has 0 saturated carbocycles. The summed E-state index contributed by atoms with van der Waals surface area (Å²) in [6, 6.07) is 14.9. The van der Waals surface area contributed by atoms with Gasteiger partial charge >= 0.3 is 6.18 Å². The molecule has 5 rings (SSSR count). The predicted octanol–water partition coefficient (Wildman–Crippen LogP) is 5.16. The molecule has 0 spiro atoms. The quantitative estimate of drug-likeness (QED) is 0.613. The van der Waals surface area contributed by atoms with Crippen LogP contribution in [0.3, 0.4) is 0 Å². The molecule has 0 radical (unpaired) electrons. The molecule has 2 atom stereocenters. The number of hydrogen-bond donors (Lipinski definition) is 1. The molecule has 154 valence electrons. The molecule has 0 amide bonds. The van der Waals surface area contributed by atoms with Crippen molar-refractivity contribution >= 4 is 22.2 Å². The van der Waals surface area contributed by atoms with Gasteiger partial charge in [0.25, 0.3) is 5.72 Å². The molecular formula is C22H18F3N3OS. The van der Waals surface area contributed by atoms with Crippen molar-refractivity contribution < 1.29 is 18.3 Å². The van der Waals surface area contributed by atoms with E-state index in [-0.39, 0.29) is 17.3 Å². The van der Waals surface area contributed by atoms with Gasteiger partial charge in [-0.1, -0.05) is 54.1 Å². The van der Waals surface area contributed by atoms with Gasteiger partial charge in [-0.15, -0.1) is 11.3 Å². The van der Waals surface area contributed by atoms with E-state index in [2.05, 4.69) is 10.1 Å². The summed E-state index contributed by atoms with van der Waals surface area (Å²) < 4.78 is 42.6. The van der Waals surface area contributed by atoms with Crippen molar-refractivity contribution in [2.75, 3.05) is 5.01 Å². The van der Waals surface area contributed by atoms with Gasteiger partial charge in [-0.25, -0.2) is 4.98 Å². The van der Waals surface area contributed by atoms with E-state index in [0.29, 0.717) is 22.7 Å². The standard InChI is InChI=1S/C22H18F3N3OS/c1-13-6-8-15(9-7-13)18-12-30-20(26-18)28-21(29,22(23,24)25)17-11-10-14-4-2-3-5-16(14)19(17)27-28/h2-9,12,17,29H,10-11H2,1H3/t17-,21-/m0/s1. The lowest BCUT2D eigenvalue weighted by atomic mass is 9.77. The summed E-state index contributed by atoms with van der Waals surface area (Å²) in [5.41, 5.74) is 1.17. The Hall–Kier alpha value is -2.71. The van der Waals surface area contributed by atoms with E-state index in [1.165, 1.54) is 0 Å². The van der Waals surface area contributed by atoms with Crippen LogP contribution >= 0.6 is 11.3 Å². The highest BCUT2D eigenvalue weighted by Gasteiger charge is 2.68. The average molecular weight is 429 g/mol. The molecule has 2 aliphatic rings. The zero-order valence-corrected chi connectivity index (χ0v) is 16.8. The average Bonchev–Trinajstić information content (AvgIpc) is 3.32. The lowest BCUT2D eigenvalue weighted by Gasteiger charge is -2.38. The normalized spacial score (nSPS) is 23.2. The summed E-state index contributed by atoms with van der Waals surface area (Å²) in [6.07, 6.45) is -4.28. The summed E-state index contributed by atoms with van der Waals surface area (Å²) in [5.74, 6) is -1.17. The lowest BCUT2D eigenvalue weighted by molar-refractivity contribution is -0.268. The molecule has 4 nitrogen and oxygen atoms in total. The van der Waals surface area contributed by atoms with Gasteiger partial charge in [0, 0.05) is 16.5 Å². The third-order valence-corrected chi connectivity index (χ3v) is 6.60. The maximum Gasteiger partial charge on any atom is 0.439 e. The van der Waals surface area contributed by atoms with Crippen LogP contribution in [0.5, 0.6) is 0 Å². The second-order valence-corrected chi connectivity index (χ2v) is 8.49. The third-order valence-electron chi connectivity index (χ3n) is 5.78. The summed E-state index contributed by atoms with van der Waals surface area (Å²) in [7, 11) is 0. The van der Waals surface area contributed by atoms with E-state index in [4.69, 9.17) is 0 Å². The van der Waals surface area contributed by atoms with Gasteiger partial charge in [-0.05, 0) is 25.3 Å². The van der Waals surface area contributed by atoms with Crippen LogP contribution in [0.25, 0.3) is 11.3 Å². The largest absolute Gasteiger partial charge is 0.439 e. The number of fused-ring (bicyclic) bond motifs is 3. The van der Waals surface area contributed by atoms with E-state index in [1.54, 1.807) is 17.5 Å². The Morgan fingerprint density at radius 1 is 1.13 bits per heavy atom. The number of thiazole rings is 1. The Morgan fingerprint density at radius 3 is 2.60 bits per heavy atom. The Labute approximate surface area is 175 Å². The summed E-state index contributed by atoms with van der Waals surface area (Å²) in [6.45, 7) is 1.96. The van der Waals surface area contributed by atoms with Crippen LogP contribution in [-0.4, -0.2) is 27.7 Å². The van der Waals surface area contributed by atoms with Crippen LogP contribution in [0.15, 0.2) is 59.0 Å². The number of aliphatic hydroxyl groups is 1. The minimum atomic E-state index is -4.90. The minimum Gasteiger partial charge on any atom is -0.362 e. The number of nitrogens with zero attached hydrogens (tertiary/aromatic N) is 3. The Bertz CT molecular complexity index is 1140. The second-order valence-electron chi connectivity index (χ2n) is 7.65. The molecule has 3 aromatic rings. The number of hydrogen-bond acceptors (Lipinski definition) is 5. The van der Waals surface area contributed by atoms with Gasteiger partial charge in [-0.3, -0.25) is 0 Å². The molecule has 8 heteroatoms. The minimum absolute atomic E-state index is 0.0183. The maximum atomic E-state index is 14.2. The topological polar surface area (TPSA) is 48.7 Å². The number of alkyl halides is 3. The van der Waals surface area contributed by atoms with Crippen molar-refractivity contribution in [1.82, 2.24) is 4.98 Å². The Balaban J connectivity index is 1.61. The second kappa shape index (κ2) is 6.65. The fourth-order valence-corrected chi connectivity index (χ4v) is 5.02. The van der Waals surface area contributed by atoms with Crippen molar-refractivity contribution in [1.29, 1.82) is 0 Å². The molecule has 0 bridgehead atoms. The zero-order valence-electron chi connectivity index (χ0n) is 16.0. The molecule has 2 heterocycles. The van der Waals surface area contributed by atoms with E-state index < -0.39 is 17.8 Å². The molecule has 0 fully saturated rings. The highest BCUT2D eigenvalue weighted by molar-refractivity contribution is 7.14. The summed E-state index contributed by atoms with van der Waals surface area (Å²) in [5, 5.41) is 17.7. The van der Waals surface area contributed by atoms with Crippen molar-refractivity contribution in [2.24, 2.45) is 11.0 Å². The fraction of sp³-hybridized carbons (Fsp3) is 0.273. The third kappa shape index (κ3) is 2.78. The van der Waals surface area contributed by atoms with Gasteiger partial charge in [0.15, 0.2) is 0 Å². The van der Waals surface area contributed by atoms with Gasteiger partial charge in [0.2, 0.25) is 5.13 Å². The summed E-state index contributed by atoms with van der Waals surface area (Å²) >= 11 is 1.04. The van der Waals surface area contributed by atoms with Crippen molar-refractivity contribution in [3.05, 3.63) is 70.6 Å². The van der Waals surface area contributed by atoms with Crippen LogP contribution in [0.2, 0.25) is 0 Å². The SMILES string of the molecule is Cc1ccc(-c2csc(N3N=C4c5ccccc5CC[C@@H]4[C@]3(O)C(F)(F)F)n2)cc1. The molecule has 1 aromatic heterocycles. The van der Waals surface area contributed by atoms with Gasteiger partial charge < -0.3 is 5.11 Å². The van der Waals surface area contributed by atoms with E-state index in [9.17, 15) is 18.3 Å².